The molecule has 4 rings (SSSR count). The third-order valence-electron chi connectivity index (χ3n) is 5.04. The average Bonchev–Trinajstić information content (AvgIpc) is 2.78. The zero-order chi connectivity index (χ0) is 21.6. The maximum Gasteiger partial charge on any atom is 0.253 e. The SMILES string of the molecule is Cc1cc(=O)n(CCc2ccccc2)c(-c2cccc(F)c2OCc2ccccc2)n1. The summed E-state index contributed by atoms with van der Waals surface area (Å²) in [5, 5.41) is 0. The van der Waals surface area contributed by atoms with Gasteiger partial charge in [0.2, 0.25) is 0 Å². The molecule has 0 fully saturated rings. The molecule has 4 nitrogen and oxygen atoms in total. The molecule has 31 heavy (non-hydrogen) atoms. The molecule has 156 valence electrons. The van der Waals surface area contributed by atoms with Crippen molar-refractivity contribution in [1.29, 1.82) is 0 Å². The van der Waals surface area contributed by atoms with Gasteiger partial charge in [-0.2, -0.15) is 0 Å². The summed E-state index contributed by atoms with van der Waals surface area (Å²) in [5.74, 6) is 0.0135. The standard InChI is InChI=1S/C26H23FN2O2/c1-19-17-24(30)29(16-15-20-9-4-2-5-10-20)26(28-19)22-13-8-14-23(27)25(22)31-18-21-11-6-3-7-12-21/h2-14,17H,15-16,18H2,1H3. The molecule has 0 spiro atoms. The lowest BCUT2D eigenvalue weighted by atomic mass is 10.1. The number of hydrogen-bond acceptors (Lipinski definition) is 3. The van der Waals surface area contributed by atoms with Crippen LogP contribution in [0.1, 0.15) is 16.8 Å². The van der Waals surface area contributed by atoms with Gasteiger partial charge in [-0.15, -0.1) is 0 Å². The predicted molar refractivity (Wildman–Crippen MR) is 120 cm³/mol. The van der Waals surface area contributed by atoms with Crippen molar-refractivity contribution in [3.63, 3.8) is 0 Å². The van der Waals surface area contributed by atoms with Crippen LogP contribution in [0, 0.1) is 12.7 Å². The van der Waals surface area contributed by atoms with Gasteiger partial charge in [0.15, 0.2) is 11.6 Å². The molecule has 0 amide bonds. The summed E-state index contributed by atoms with van der Waals surface area (Å²) in [7, 11) is 0. The number of aryl methyl sites for hydroxylation is 2. The van der Waals surface area contributed by atoms with E-state index in [1.165, 1.54) is 12.1 Å². The molecule has 0 aliphatic rings. The van der Waals surface area contributed by atoms with E-state index in [1.807, 2.05) is 60.7 Å². The Bertz CT molecular complexity index is 1220. The monoisotopic (exact) mass is 414 g/mol. The summed E-state index contributed by atoms with van der Waals surface area (Å²) in [6, 6.07) is 25.7. The number of ether oxygens (including phenoxy) is 1. The highest BCUT2D eigenvalue weighted by molar-refractivity contribution is 5.65. The second kappa shape index (κ2) is 9.39. The maximum absolute atomic E-state index is 14.8. The first-order valence-corrected chi connectivity index (χ1v) is 10.2. The number of halogens is 1. The van der Waals surface area contributed by atoms with E-state index in [2.05, 4.69) is 4.98 Å². The smallest absolute Gasteiger partial charge is 0.253 e. The second-order valence-electron chi connectivity index (χ2n) is 7.34. The van der Waals surface area contributed by atoms with Gasteiger partial charge in [-0.3, -0.25) is 9.36 Å². The Labute approximate surface area is 180 Å². The summed E-state index contributed by atoms with van der Waals surface area (Å²) >= 11 is 0. The van der Waals surface area contributed by atoms with E-state index in [-0.39, 0.29) is 17.9 Å². The van der Waals surface area contributed by atoms with Crippen LogP contribution in [0.3, 0.4) is 0 Å². The van der Waals surface area contributed by atoms with Crippen molar-refractivity contribution in [3.8, 4) is 17.1 Å². The normalized spacial score (nSPS) is 10.8. The van der Waals surface area contributed by atoms with Crippen LogP contribution in [0.2, 0.25) is 0 Å². The maximum atomic E-state index is 14.8. The van der Waals surface area contributed by atoms with Gasteiger partial charge < -0.3 is 4.74 Å². The van der Waals surface area contributed by atoms with Crippen LogP contribution in [0.25, 0.3) is 11.4 Å². The molecule has 0 radical (unpaired) electrons. The lowest BCUT2D eigenvalue weighted by molar-refractivity contribution is 0.291. The fourth-order valence-corrected chi connectivity index (χ4v) is 3.49. The van der Waals surface area contributed by atoms with Gasteiger partial charge in [-0.1, -0.05) is 66.7 Å². The molecule has 0 aliphatic heterocycles. The number of para-hydroxylation sites is 1. The highest BCUT2D eigenvalue weighted by Crippen LogP contribution is 2.32. The molecule has 3 aromatic carbocycles. The van der Waals surface area contributed by atoms with Gasteiger partial charge in [0, 0.05) is 18.3 Å². The van der Waals surface area contributed by atoms with Gasteiger partial charge >= 0.3 is 0 Å². The molecule has 0 saturated carbocycles. The van der Waals surface area contributed by atoms with Crippen molar-refractivity contribution in [1.82, 2.24) is 9.55 Å². The number of nitrogens with zero attached hydrogens (tertiary/aromatic N) is 2. The van der Waals surface area contributed by atoms with Crippen molar-refractivity contribution in [2.24, 2.45) is 0 Å². The molecule has 0 saturated heterocycles. The fraction of sp³-hybridized carbons (Fsp3) is 0.154. The lowest BCUT2D eigenvalue weighted by Gasteiger charge is -2.17. The van der Waals surface area contributed by atoms with E-state index in [1.54, 1.807) is 23.6 Å². The molecule has 0 atom stereocenters. The third kappa shape index (κ3) is 4.89. The number of aromatic nitrogens is 2. The van der Waals surface area contributed by atoms with E-state index in [4.69, 9.17) is 4.74 Å². The summed E-state index contributed by atoms with van der Waals surface area (Å²) in [5.41, 5.74) is 2.91. The van der Waals surface area contributed by atoms with E-state index >= 15 is 0 Å². The van der Waals surface area contributed by atoms with Crippen LogP contribution >= 0.6 is 0 Å². The minimum Gasteiger partial charge on any atom is -0.485 e. The van der Waals surface area contributed by atoms with E-state index in [0.717, 1.165) is 11.1 Å². The van der Waals surface area contributed by atoms with Crippen LogP contribution in [0.15, 0.2) is 89.7 Å². The zero-order valence-corrected chi connectivity index (χ0v) is 17.3. The van der Waals surface area contributed by atoms with Crippen molar-refractivity contribution in [2.45, 2.75) is 26.5 Å². The second-order valence-corrected chi connectivity index (χ2v) is 7.34. The van der Waals surface area contributed by atoms with Crippen LogP contribution < -0.4 is 10.3 Å². The summed E-state index contributed by atoms with van der Waals surface area (Å²) in [6.45, 7) is 2.41. The third-order valence-corrected chi connectivity index (χ3v) is 5.04. The molecular weight excluding hydrogens is 391 g/mol. The zero-order valence-electron chi connectivity index (χ0n) is 17.3. The van der Waals surface area contributed by atoms with Gasteiger partial charge in [0.05, 0.1) is 5.56 Å². The Morgan fingerprint density at radius 2 is 1.58 bits per heavy atom. The van der Waals surface area contributed by atoms with E-state index in [9.17, 15) is 9.18 Å². The summed E-state index contributed by atoms with van der Waals surface area (Å²) in [6.07, 6.45) is 0.661. The molecule has 1 heterocycles. The highest BCUT2D eigenvalue weighted by atomic mass is 19.1. The van der Waals surface area contributed by atoms with Gasteiger partial charge in [0.25, 0.3) is 5.56 Å². The molecule has 0 N–H and O–H groups in total. The van der Waals surface area contributed by atoms with Gasteiger partial charge in [0.1, 0.15) is 12.4 Å². The number of hydrogen-bond donors (Lipinski definition) is 0. The van der Waals surface area contributed by atoms with Gasteiger partial charge in [-0.05, 0) is 36.6 Å². The molecule has 0 unspecified atom stereocenters. The van der Waals surface area contributed by atoms with Crippen LogP contribution in [0.4, 0.5) is 4.39 Å². The first-order chi connectivity index (χ1) is 15.1. The minimum atomic E-state index is -0.487. The molecular formula is C26H23FN2O2. The minimum absolute atomic E-state index is 0.0947. The lowest BCUT2D eigenvalue weighted by Crippen LogP contribution is -2.24. The highest BCUT2D eigenvalue weighted by Gasteiger charge is 2.18. The van der Waals surface area contributed by atoms with Crippen LogP contribution in [-0.2, 0) is 19.6 Å². The first-order valence-electron chi connectivity index (χ1n) is 10.2. The predicted octanol–water partition coefficient (Wildman–Crippen LogP) is 5.18. The van der Waals surface area contributed by atoms with Crippen molar-refractivity contribution in [2.75, 3.05) is 0 Å². The van der Waals surface area contributed by atoms with Crippen LogP contribution in [0.5, 0.6) is 5.75 Å². The Morgan fingerprint density at radius 3 is 2.29 bits per heavy atom. The first kappa shape index (κ1) is 20.5. The Morgan fingerprint density at radius 1 is 0.903 bits per heavy atom. The Kier molecular flexibility index (Phi) is 6.22. The molecule has 1 aromatic heterocycles. The molecule has 0 aliphatic carbocycles. The molecule has 4 aromatic rings. The quantitative estimate of drug-likeness (QED) is 0.419. The van der Waals surface area contributed by atoms with Gasteiger partial charge in [-0.25, -0.2) is 9.37 Å². The number of rotatable bonds is 7. The van der Waals surface area contributed by atoms with Crippen molar-refractivity contribution < 1.29 is 9.13 Å². The Hall–Kier alpha value is -3.73. The summed E-state index contributed by atoms with van der Waals surface area (Å²) < 4.78 is 22.2. The fourth-order valence-electron chi connectivity index (χ4n) is 3.49. The topological polar surface area (TPSA) is 44.1 Å². The number of benzene rings is 3. The van der Waals surface area contributed by atoms with E-state index in [0.29, 0.717) is 30.0 Å². The Balaban J connectivity index is 1.71. The van der Waals surface area contributed by atoms with Crippen LogP contribution in [-0.4, -0.2) is 9.55 Å². The average molecular weight is 414 g/mol. The summed E-state index contributed by atoms with van der Waals surface area (Å²) in [4.78, 5) is 17.4. The molecule has 0 bridgehead atoms. The van der Waals surface area contributed by atoms with Crippen molar-refractivity contribution >= 4 is 0 Å². The largest absolute Gasteiger partial charge is 0.485 e. The molecule has 5 heteroatoms. The van der Waals surface area contributed by atoms with E-state index < -0.39 is 5.82 Å². The van der Waals surface area contributed by atoms with Crippen molar-refractivity contribution in [3.05, 3.63) is 118 Å².